The zero-order chi connectivity index (χ0) is 34.8. The van der Waals surface area contributed by atoms with E-state index in [9.17, 15) is 35.4 Å². The highest BCUT2D eigenvalue weighted by Crippen LogP contribution is 2.51. The predicted octanol–water partition coefficient (Wildman–Crippen LogP) is 2.34. The first-order valence-electron chi connectivity index (χ1n) is 15.6. The standard InChI is InChI=1S/C35H38O14/c1-43-26-12-18(5-8-23(26)37)33-20-14-47-34(21(20)15-46-33)19-6-9-25(27(13-19)44-2)48-35-32(42)31(41)30(40)28(49-35)16-45-29(39)10-4-17-3-7-22(36)24(38)11-17/h3-13,20-21,28,30-38,40-42H,14-16H2,1-2H3/t20-,21-,28+,30+,31-,32+,33+,34+,35+/m0/s1. The lowest BCUT2D eigenvalue weighted by Gasteiger charge is -2.40. The Kier molecular flexibility index (Phi) is 10.2. The van der Waals surface area contributed by atoms with Gasteiger partial charge in [-0.3, -0.25) is 0 Å². The highest BCUT2D eigenvalue weighted by atomic mass is 16.7. The Balaban J connectivity index is 1.10. The summed E-state index contributed by atoms with van der Waals surface area (Å²) in [6.07, 6.45) is -5.78. The Labute approximate surface area is 281 Å². The van der Waals surface area contributed by atoms with Crippen molar-refractivity contribution in [3.05, 3.63) is 77.4 Å². The zero-order valence-corrected chi connectivity index (χ0v) is 26.6. The number of phenolic OH excluding ortho intramolecular Hbond substituents is 3. The number of aliphatic hydroxyl groups excluding tert-OH is 3. The van der Waals surface area contributed by atoms with Crippen LogP contribution in [0.4, 0.5) is 0 Å². The number of phenols is 3. The van der Waals surface area contributed by atoms with Gasteiger partial charge in [-0.15, -0.1) is 0 Å². The van der Waals surface area contributed by atoms with Gasteiger partial charge in [-0.25, -0.2) is 4.79 Å². The molecule has 3 heterocycles. The summed E-state index contributed by atoms with van der Waals surface area (Å²) in [5.41, 5.74) is 2.11. The molecule has 3 aliphatic heterocycles. The van der Waals surface area contributed by atoms with Crippen molar-refractivity contribution in [2.75, 3.05) is 34.0 Å². The smallest absolute Gasteiger partial charge is 0.330 e. The molecule has 3 aromatic rings. The first-order valence-corrected chi connectivity index (χ1v) is 15.6. The molecule has 0 amide bonds. The molecule has 0 aromatic heterocycles. The largest absolute Gasteiger partial charge is 0.504 e. The normalized spacial score (nSPS) is 29.4. The Morgan fingerprint density at radius 3 is 2.04 bits per heavy atom. The number of rotatable bonds is 10. The molecule has 262 valence electrons. The van der Waals surface area contributed by atoms with Crippen LogP contribution in [0, 0.1) is 11.8 Å². The van der Waals surface area contributed by atoms with Gasteiger partial charge in [-0.2, -0.15) is 0 Å². The summed E-state index contributed by atoms with van der Waals surface area (Å²) >= 11 is 0. The Bertz CT molecular complexity index is 1680. The number of esters is 1. The fourth-order valence-corrected chi connectivity index (χ4v) is 6.36. The van der Waals surface area contributed by atoms with Crippen LogP contribution < -0.4 is 14.2 Å². The number of aromatic hydroxyl groups is 3. The molecule has 0 bridgehead atoms. The van der Waals surface area contributed by atoms with Crippen LogP contribution in [0.5, 0.6) is 34.5 Å². The molecule has 3 aromatic carbocycles. The molecule has 0 radical (unpaired) electrons. The summed E-state index contributed by atoms with van der Waals surface area (Å²) in [5.74, 6) is -0.489. The van der Waals surface area contributed by atoms with Crippen LogP contribution in [0.3, 0.4) is 0 Å². The number of carbonyl (C=O) groups excluding carboxylic acids is 1. The maximum absolute atomic E-state index is 12.3. The minimum absolute atomic E-state index is 0.0351. The van der Waals surface area contributed by atoms with Gasteiger partial charge in [0.05, 0.1) is 39.6 Å². The third-order valence-corrected chi connectivity index (χ3v) is 9.03. The van der Waals surface area contributed by atoms with E-state index in [2.05, 4.69) is 0 Å². The molecule has 3 aliphatic rings. The Hall–Kier alpha value is -4.57. The number of carbonyl (C=O) groups is 1. The molecule has 14 heteroatoms. The van der Waals surface area contributed by atoms with Crippen LogP contribution in [0.2, 0.25) is 0 Å². The molecule has 14 nitrogen and oxygen atoms in total. The number of benzene rings is 3. The van der Waals surface area contributed by atoms with Crippen molar-refractivity contribution in [1.82, 2.24) is 0 Å². The van der Waals surface area contributed by atoms with Crippen LogP contribution in [0.25, 0.3) is 6.08 Å². The second-order valence-electron chi connectivity index (χ2n) is 12.0. The first kappa shape index (κ1) is 34.3. The second kappa shape index (κ2) is 14.5. The quantitative estimate of drug-likeness (QED) is 0.103. The fourth-order valence-electron chi connectivity index (χ4n) is 6.36. The number of fused-ring (bicyclic) bond motifs is 1. The van der Waals surface area contributed by atoms with E-state index in [0.29, 0.717) is 30.3 Å². The van der Waals surface area contributed by atoms with Crippen molar-refractivity contribution < 1.29 is 68.6 Å². The third-order valence-electron chi connectivity index (χ3n) is 9.03. The van der Waals surface area contributed by atoms with Crippen LogP contribution >= 0.6 is 0 Å². The third kappa shape index (κ3) is 7.11. The fraction of sp³-hybridized carbons (Fsp3) is 0.400. The van der Waals surface area contributed by atoms with Crippen molar-refractivity contribution in [3.63, 3.8) is 0 Å². The number of ether oxygens (including phenoxy) is 7. The summed E-state index contributed by atoms with van der Waals surface area (Å²) in [5, 5.41) is 60.8. The maximum atomic E-state index is 12.3. The van der Waals surface area contributed by atoms with E-state index >= 15 is 0 Å². The molecular formula is C35H38O14. The van der Waals surface area contributed by atoms with E-state index in [1.165, 1.54) is 38.5 Å². The van der Waals surface area contributed by atoms with Crippen molar-refractivity contribution in [2.45, 2.75) is 42.9 Å². The van der Waals surface area contributed by atoms with E-state index in [4.69, 9.17) is 33.2 Å². The highest BCUT2D eigenvalue weighted by Gasteiger charge is 2.49. The lowest BCUT2D eigenvalue weighted by Crippen LogP contribution is -2.60. The number of aliphatic hydroxyl groups is 3. The summed E-state index contributed by atoms with van der Waals surface area (Å²) in [4.78, 5) is 12.3. The van der Waals surface area contributed by atoms with E-state index in [0.717, 1.165) is 17.2 Å². The van der Waals surface area contributed by atoms with E-state index in [1.807, 2.05) is 6.07 Å². The molecule has 0 unspecified atom stereocenters. The van der Waals surface area contributed by atoms with Gasteiger partial charge in [0.2, 0.25) is 6.29 Å². The van der Waals surface area contributed by atoms with Crippen molar-refractivity contribution >= 4 is 12.0 Å². The Morgan fingerprint density at radius 1 is 0.755 bits per heavy atom. The highest BCUT2D eigenvalue weighted by molar-refractivity contribution is 5.87. The predicted molar refractivity (Wildman–Crippen MR) is 169 cm³/mol. The lowest BCUT2D eigenvalue weighted by atomic mass is 9.85. The monoisotopic (exact) mass is 682 g/mol. The minimum Gasteiger partial charge on any atom is -0.504 e. The van der Waals surface area contributed by atoms with Gasteiger partial charge in [0.25, 0.3) is 0 Å². The van der Waals surface area contributed by atoms with Gasteiger partial charge in [0, 0.05) is 17.9 Å². The van der Waals surface area contributed by atoms with Gasteiger partial charge >= 0.3 is 5.97 Å². The summed E-state index contributed by atoms with van der Waals surface area (Å²) in [7, 11) is 2.94. The van der Waals surface area contributed by atoms with Gasteiger partial charge < -0.3 is 63.8 Å². The van der Waals surface area contributed by atoms with Crippen LogP contribution in [0.15, 0.2) is 60.7 Å². The molecule has 49 heavy (non-hydrogen) atoms. The molecule has 3 saturated heterocycles. The summed E-state index contributed by atoms with van der Waals surface area (Å²) in [6, 6.07) is 14.3. The maximum Gasteiger partial charge on any atom is 0.330 e. The molecule has 0 saturated carbocycles. The minimum atomic E-state index is -1.68. The van der Waals surface area contributed by atoms with Crippen molar-refractivity contribution in [2.24, 2.45) is 11.8 Å². The van der Waals surface area contributed by atoms with Crippen LogP contribution in [-0.4, -0.2) is 101 Å². The average Bonchev–Trinajstić information content (AvgIpc) is 3.72. The number of methoxy groups -OCH3 is 2. The zero-order valence-electron chi connectivity index (χ0n) is 26.6. The summed E-state index contributed by atoms with van der Waals surface area (Å²) in [6.45, 7) is 0.426. The van der Waals surface area contributed by atoms with Gasteiger partial charge in [0.15, 0.2) is 34.5 Å². The molecule has 9 atom stereocenters. The SMILES string of the molecule is COc1cc([C@H]2OC[C@H]3[C@@H]2CO[C@@H]3c2ccc(O[C@@H]3O[C@H](COC(=O)C=Cc4ccc(O)c(O)c4)[C@@H](O)[C@H](O)[C@H]3O)c(OC)c2)ccc1O. The van der Waals surface area contributed by atoms with Gasteiger partial charge in [0.1, 0.15) is 31.0 Å². The lowest BCUT2D eigenvalue weighted by molar-refractivity contribution is -0.278. The average molecular weight is 683 g/mol. The molecule has 0 spiro atoms. The Morgan fingerprint density at radius 2 is 1.39 bits per heavy atom. The number of hydrogen-bond donors (Lipinski definition) is 6. The first-order chi connectivity index (χ1) is 23.6. The molecule has 3 fully saturated rings. The molecular weight excluding hydrogens is 644 g/mol. The number of hydrogen-bond acceptors (Lipinski definition) is 14. The molecule has 6 rings (SSSR count). The molecule has 0 aliphatic carbocycles. The van der Waals surface area contributed by atoms with Gasteiger partial charge in [-0.05, 0) is 59.2 Å². The van der Waals surface area contributed by atoms with Crippen molar-refractivity contribution in [3.8, 4) is 34.5 Å². The molecule has 6 N–H and O–H groups in total. The topological polar surface area (TPSA) is 203 Å². The van der Waals surface area contributed by atoms with E-state index in [1.54, 1.807) is 30.3 Å². The van der Waals surface area contributed by atoms with Crippen molar-refractivity contribution in [1.29, 1.82) is 0 Å². The second-order valence-corrected chi connectivity index (χ2v) is 12.0. The van der Waals surface area contributed by atoms with Gasteiger partial charge in [-0.1, -0.05) is 18.2 Å². The van der Waals surface area contributed by atoms with Crippen LogP contribution in [0.1, 0.15) is 28.9 Å². The van der Waals surface area contributed by atoms with Crippen LogP contribution in [-0.2, 0) is 23.7 Å². The van der Waals surface area contributed by atoms with E-state index in [-0.39, 0.29) is 47.0 Å². The summed E-state index contributed by atoms with van der Waals surface area (Å²) < 4.78 is 40.1. The van der Waals surface area contributed by atoms with E-state index < -0.39 is 43.3 Å².